The molecule has 0 aliphatic carbocycles. The molecule has 1 saturated heterocycles. The highest BCUT2D eigenvalue weighted by atomic mass is 16.6. The van der Waals surface area contributed by atoms with E-state index in [-0.39, 0.29) is 11.3 Å². The van der Waals surface area contributed by atoms with E-state index in [0.717, 1.165) is 25.9 Å². The van der Waals surface area contributed by atoms with Gasteiger partial charge in [-0.2, -0.15) is 0 Å². The summed E-state index contributed by atoms with van der Waals surface area (Å²) in [6.45, 7) is 3.74. The first-order valence-corrected chi connectivity index (χ1v) is 8.29. The minimum atomic E-state index is -0.421. The number of amides is 1. The van der Waals surface area contributed by atoms with Crippen LogP contribution in [-0.4, -0.2) is 28.9 Å². The maximum atomic E-state index is 12.4. The van der Waals surface area contributed by atoms with Crippen LogP contribution in [0.2, 0.25) is 0 Å². The highest BCUT2D eigenvalue weighted by molar-refractivity contribution is 6.05. The van der Waals surface area contributed by atoms with Crippen molar-refractivity contribution in [2.45, 2.75) is 19.8 Å². The first-order chi connectivity index (χ1) is 12.0. The van der Waals surface area contributed by atoms with Crippen molar-refractivity contribution in [1.82, 2.24) is 4.98 Å². The van der Waals surface area contributed by atoms with Crippen molar-refractivity contribution in [2.24, 2.45) is 5.92 Å². The molecule has 2 heterocycles. The molecule has 1 aliphatic rings. The van der Waals surface area contributed by atoms with Gasteiger partial charge in [-0.15, -0.1) is 0 Å². The third kappa shape index (κ3) is 3.93. The summed E-state index contributed by atoms with van der Waals surface area (Å²) in [6, 6.07) is 8.07. The van der Waals surface area contributed by atoms with Gasteiger partial charge in [0.15, 0.2) is 0 Å². The first kappa shape index (κ1) is 16.9. The zero-order chi connectivity index (χ0) is 17.8. The van der Waals surface area contributed by atoms with Crippen LogP contribution in [0.25, 0.3) is 0 Å². The number of nitrogens with one attached hydrogen (secondary N) is 1. The third-order valence-corrected chi connectivity index (χ3v) is 4.35. The van der Waals surface area contributed by atoms with Crippen LogP contribution < -0.4 is 10.2 Å². The molecule has 1 aromatic heterocycles. The molecule has 3 rings (SSSR count). The van der Waals surface area contributed by atoms with E-state index in [4.69, 9.17) is 0 Å². The minimum Gasteiger partial charge on any atom is -0.366 e. The Kier molecular flexibility index (Phi) is 4.92. The molecule has 1 N–H and O–H groups in total. The number of nitrogens with zero attached hydrogens (tertiary/aromatic N) is 3. The smallest absolute Gasteiger partial charge is 0.293 e. The third-order valence-electron chi connectivity index (χ3n) is 4.35. The fraction of sp³-hybridized carbons (Fsp3) is 0.333. The highest BCUT2D eigenvalue weighted by Crippen LogP contribution is 2.32. The maximum Gasteiger partial charge on any atom is 0.293 e. The lowest BCUT2D eigenvalue weighted by Crippen LogP contribution is -2.34. The molecule has 1 atom stereocenters. The number of pyridine rings is 1. The van der Waals surface area contributed by atoms with Crippen LogP contribution in [0.4, 0.5) is 17.1 Å². The van der Waals surface area contributed by atoms with Crippen LogP contribution in [0.15, 0.2) is 42.7 Å². The number of hydrogen-bond acceptors (Lipinski definition) is 5. The lowest BCUT2D eigenvalue weighted by atomic mass is 9.99. The van der Waals surface area contributed by atoms with Crippen LogP contribution in [-0.2, 0) is 0 Å². The second-order valence-corrected chi connectivity index (χ2v) is 6.35. The van der Waals surface area contributed by atoms with Gasteiger partial charge in [0.25, 0.3) is 11.6 Å². The molecule has 0 bridgehead atoms. The first-order valence-electron chi connectivity index (χ1n) is 8.29. The van der Waals surface area contributed by atoms with Crippen molar-refractivity contribution in [3.8, 4) is 0 Å². The Balaban J connectivity index is 1.86. The summed E-state index contributed by atoms with van der Waals surface area (Å²) < 4.78 is 0. The monoisotopic (exact) mass is 340 g/mol. The predicted octanol–water partition coefficient (Wildman–Crippen LogP) is 3.48. The number of benzene rings is 1. The summed E-state index contributed by atoms with van der Waals surface area (Å²) in [5, 5.41) is 14.2. The number of anilines is 2. The van der Waals surface area contributed by atoms with Gasteiger partial charge in [-0.25, -0.2) is 0 Å². The Hall–Kier alpha value is -2.96. The van der Waals surface area contributed by atoms with Gasteiger partial charge in [0.05, 0.1) is 16.8 Å². The van der Waals surface area contributed by atoms with E-state index in [1.165, 1.54) is 12.3 Å². The Bertz CT molecular complexity index is 779. The van der Waals surface area contributed by atoms with E-state index in [1.54, 1.807) is 30.5 Å². The molecule has 1 unspecified atom stereocenters. The summed E-state index contributed by atoms with van der Waals surface area (Å²) in [5.41, 5.74) is 1.34. The van der Waals surface area contributed by atoms with Crippen LogP contribution in [0, 0.1) is 16.0 Å². The van der Waals surface area contributed by atoms with E-state index in [0.29, 0.717) is 17.3 Å². The number of nitro benzene ring substituents is 1. The summed E-state index contributed by atoms with van der Waals surface area (Å²) in [6.07, 6.45) is 5.28. The Morgan fingerprint density at radius 1 is 1.40 bits per heavy atom. The highest BCUT2D eigenvalue weighted by Gasteiger charge is 2.25. The van der Waals surface area contributed by atoms with E-state index in [1.807, 2.05) is 4.90 Å². The van der Waals surface area contributed by atoms with E-state index in [9.17, 15) is 14.9 Å². The molecular formula is C18H20N4O3. The van der Waals surface area contributed by atoms with Gasteiger partial charge in [0.1, 0.15) is 5.69 Å². The zero-order valence-electron chi connectivity index (χ0n) is 14.0. The average Bonchev–Trinajstić information content (AvgIpc) is 2.62. The standard InChI is InChI=1S/C18H20N4O3/c1-13-4-3-9-21(12-13)16-7-6-14(10-17(16)22(24)25)18(23)20-15-5-2-8-19-11-15/h2,5-8,10-11,13H,3-4,9,12H2,1H3,(H,20,23). The molecule has 1 aliphatic heterocycles. The average molecular weight is 340 g/mol. The lowest BCUT2D eigenvalue weighted by molar-refractivity contribution is -0.384. The van der Waals surface area contributed by atoms with Crippen LogP contribution in [0.1, 0.15) is 30.1 Å². The topological polar surface area (TPSA) is 88.4 Å². The summed E-state index contributed by atoms with van der Waals surface area (Å²) in [4.78, 5) is 29.4. The van der Waals surface area contributed by atoms with Crippen molar-refractivity contribution in [1.29, 1.82) is 0 Å². The van der Waals surface area contributed by atoms with Gasteiger partial charge in [-0.1, -0.05) is 6.92 Å². The molecule has 1 aromatic carbocycles. The normalized spacial score (nSPS) is 17.2. The molecule has 7 heteroatoms. The molecular weight excluding hydrogens is 320 g/mol. The van der Waals surface area contributed by atoms with Gasteiger partial charge in [0.2, 0.25) is 0 Å². The summed E-state index contributed by atoms with van der Waals surface area (Å²) in [7, 11) is 0. The number of piperidine rings is 1. The molecule has 2 aromatic rings. The van der Waals surface area contributed by atoms with Gasteiger partial charge in [-0.3, -0.25) is 19.9 Å². The van der Waals surface area contributed by atoms with Crippen LogP contribution >= 0.6 is 0 Å². The number of hydrogen-bond donors (Lipinski definition) is 1. The number of rotatable bonds is 4. The van der Waals surface area contributed by atoms with Crippen molar-refractivity contribution < 1.29 is 9.72 Å². The lowest BCUT2D eigenvalue weighted by Gasteiger charge is -2.32. The van der Waals surface area contributed by atoms with Gasteiger partial charge < -0.3 is 10.2 Å². The van der Waals surface area contributed by atoms with E-state index >= 15 is 0 Å². The van der Waals surface area contributed by atoms with Gasteiger partial charge in [-0.05, 0) is 43.0 Å². The van der Waals surface area contributed by atoms with E-state index in [2.05, 4.69) is 17.2 Å². The number of nitro groups is 1. The second-order valence-electron chi connectivity index (χ2n) is 6.35. The Morgan fingerprint density at radius 3 is 2.92 bits per heavy atom. The van der Waals surface area contributed by atoms with Gasteiger partial charge in [0, 0.05) is 30.9 Å². The Labute approximate surface area is 145 Å². The molecule has 0 saturated carbocycles. The SMILES string of the molecule is CC1CCCN(c2ccc(C(=O)Nc3cccnc3)cc2[N+](=O)[O-])C1. The number of carbonyl (C=O) groups is 1. The molecule has 0 spiro atoms. The quantitative estimate of drug-likeness (QED) is 0.680. The molecule has 130 valence electrons. The maximum absolute atomic E-state index is 12.4. The van der Waals surface area contributed by atoms with Crippen molar-refractivity contribution in [2.75, 3.05) is 23.3 Å². The molecule has 25 heavy (non-hydrogen) atoms. The molecule has 0 radical (unpaired) electrons. The summed E-state index contributed by atoms with van der Waals surface area (Å²) in [5.74, 6) is 0.108. The van der Waals surface area contributed by atoms with Crippen molar-refractivity contribution in [3.63, 3.8) is 0 Å². The molecule has 1 amide bonds. The summed E-state index contributed by atoms with van der Waals surface area (Å²) >= 11 is 0. The second kappa shape index (κ2) is 7.29. The fourth-order valence-electron chi connectivity index (χ4n) is 3.13. The molecule has 7 nitrogen and oxygen atoms in total. The van der Waals surface area contributed by atoms with E-state index < -0.39 is 10.8 Å². The Morgan fingerprint density at radius 2 is 2.24 bits per heavy atom. The number of aromatic nitrogens is 1. The molecule has 1 fully saturated rings. The largest absolute Gasteiger partial charge is 0.366 e. The zero-order valence-corrected chi connectivity index (χ0v) is 14.0. The van der Waals surface area contributed by atoms with Crippen molar-refractivity contribution >= 4 is 23.0 Å². The van der Waals surface area contributed by atoms with Crippen LogP contribution in [0.3, 0.4) is 0 Å². The fourth-order valence-corrected chi connectivity index (χ4v) is 3.13. The van der Waals surface area contributed by atoms with Crippen molar-refractivity contribution in [3.05, 3.63) is 58.4 Å². The predicted molar refractivity (Wildman–Crippen MR) is 95.9 cm³/mol. The minimum absolute atomic E-state index is 0.0343. The van der Waals surface area contributed by atoms with Crippen LogP contribution in [0.5, 0.6) is 0 Å². The van der Waals surface area contributed by atoms with Gasteiger partial charge >= 0.3 is 0 Å². The number of carbonyl (C=O) groups excluding carboxylic acids is 1.